The fourth-order valence-electron chi connectivity index (χ4n) is 1.29. The predicted octanol–water partition coefficient (Wildman–Crippen LogP) is 3.49. The molecule has 0 rings (SSSR count). The predicted molar refractivity (Wildman–Crippen MR) is 80.7 cm³/mol. The first kappa shape index (κ1) is 19.1. The van der Waals surface area contributed by atoms with E-state index in [0.29, 0.717) is 12.2 Å². The van der Waals surface area contributed by atoms with Crippen LogP contribution in [0, 0.1) is 0 Å². The number of esters is 1. The molecule has 0 aromatic rings. The maximum absolute atomic E-state index is 11.5. The van der Waals surface area contributed by atoms with Gasteiger partial charge in [-0.1, -0.05) is 13.5 Å². The van der Waals surface area contributed by atoms with Gasteiger partial charge >= 0.3 is 5.97 Å². The van der Waals surface area contributed by atoms with Gasteiger partial charge in [0.1, 0.15) is 12.7 Å². The van der Waals surface area contributed by atoms with Crippen LogP contribution in [0.5, 0.6) is 0 Å². The third-order valence-corrected chi connectivity index (χ3v) is 2.79. The van der Waals surface area contributed by atoms with Crippen LogP contribution in [0.15, 0.2) is 12.2 Å². The van der Waals surface area contributed by atoms with E-state index in [1.165, 1.54) is 0 Å². The minimum atomic E-state index is -0.399. The van der Waals surface area contributed by atoms with Gasteiger partial charge in [0.05, 0.1) is 17.8 Å². The number of hydrogen-bond acceptors (Lipinski definition) is 4. The molecule has 0 bridgehead atoms. The van der Waals surface area contributed by atoms with Gasteiger partial charge in [-0.2, -0.15) is 0 Å². The van der Waals surface area contributed by atoms with Gasteiger partial charge in [0.25, 0.3) is 0 Å². The molecule has 118 valence electrons. The Kier molecular flexibility index (Phi) is 7.45. The van der Waals surface area contributed by atoms with E-state index in [-0.39, 0.29) is 23.9 Å². The smallest absolute Gasteiger partial charge is 0.333 e. The quantitative estimate of drug-likeness (QED) is 0.506. The zero-order chi connectivity index (χ0) is 16.0. The van der Waals surface area contributed by atoms with Gasteiger partial charge < -0.3 is 14.2 Å². The van der Waals surface area contributed by atoms with Crippen molar-refractivity contribution in [2.24, 2.45) is 0 Å². The Bertz CT molecular complexity index is 326. The average Bonchev–Trinajstić information content (AvgIpc) is 2.30. The second kappa shape index (κ2) is 7.79. The monoisotopic (exact) mass is 286 g/mol. The summed E-state index contributed by atoms with van der Waals surface area (Å²) in [6.45, 7) is 17.8. The zero-order valence-corrected chi connectivity index (χ0v) is 14.0. The fourth-order valence-corrected chi connectivity index (χ4v) is 1.29. The van der Waals surface area contributed by atoms with Crippen LogP contribution in [-0.4, -0.2) is 36.5 Å². The number of carbonyl (C=O) groups is 1. The van der Waals surface area contributed by atoms with Crippen molar-refractivity contribution in [1.29, 1.82) is 0 Å². The van der Waals surface area contributed by atoms with Gasteiger partial charge in [0.2, 0.25) is 0 Å². The van der Waals surface area contributed by atoms with Crippen LogP contribution < -0.4 is 0 Å². The van der Waals surface area contributed by atoms with Gasteiger partial charge in [0.15, 0.2) is 0 Å². The molecule has 1 atom stereocenters. The minimum absolute atomic E-state index is 0.172. The largest absolute Gasteiger partial charge is 0.459 e. The first-order valence-corrected chi connectivity index (χ1v) is 7.11. The highest BCUT2D eigenvalue weighted by Gasteiger charge is 2.25. The molecule has 4 heteroatoms. The molecule has 0 radical (unpaired) electrons. The summed E-state index contributed by atoms with van der Waals surface area (Å²) < 4.78 is 16.9. The first-order valence-electron chi connectivity index (χ1n) is 7.11. The number of hydrogen-bond donors (Lipinski definition) is 0. The molecule has 0 heterocycles. The van der Waals surface area contributed by atoms with Crippen molar-refractivity contribution in [2.75, 3.05) is 13.2 Å². The van der Waals surface area contributed by atoms with Crippen LogP contribution in [-0.2, 0) is 19.0 Å². The normalized spacial score (nSPS) is 13.9. The molecule has 0 saturated heterocycles. The van der Waals surface area contributed by atoms with Crippen LogP contribution in [0.4, 0.5) is 0 Å². The fraction of sp³-hybridized carbons (Fsp3) is 0.812. The third-order valence-electron chi connectivity index (χ3n) is 2.79. The molecule has 0 saturated carbocycles. The second-order valence-corrected chi connectivity index (χ2v) is 6.66. The summed E-state index contributed by atoms with van der Waals surface area (Å²) in [5.41, 5.74) is -0.145. The molecule has 0 amide bonds. The highest BCUT2D eigenvalue weighted by molar-refractivity contribution is 5.86. The van der Waals surface area contributed by atoms with Gasteiger partial charge in [-0.15, -0.1) is 0 Å². The summed E-state index contributed by atoms with van der Waals surface area (Å²) in [7, 11) is 0. The van der Waals surface area contributed by atoms with Crippen LogP contribution in [0.25, 0.3) is 0 Å². The lowest BCUT2D eigenvalue weighted by Gasteiger charge is -2.31. The van der Waals surface area contributed by atoms with Crippen molar-refractivity contribution >= 4 is 5.97 Å². The maximum Gasteiger partial charge on any atom is 0.333 e. The molecule has 0 N–H and O–H groups in total. The van der Waals surface area contributed by atoms with E-state index in [4.69, 9.17) is 14.2 Å². The Hall–Kier alpha value is -0.870. The summed E-state index contributed by atoms with van der Waals surface area (Å²) in [5.74, 6) is -0.399. The molecule has 0 aliphatic carbocycles. The summed E-state index contributed by atoms with van der Waals surface area (Å²) in [4.78, 5) is 11.5. The SMILES string of the molecule is C=C(C)C(=O)OCC(COC(C)(C)C)OC(C)(C)CC. The number of carbonyl (C=O) groups excluding carboxylic acids is 1. The molecule has 0 spiro atoms. The summed E-state index contributed by atoms with van der Waals surface area (Å²) in [6, 6.07) is 0. The molecule has 20 heavy (non-hydrogen) atoms. The van der Waals surface area contributed by atoms with Crippen molar-refractivity contribution in [3.63, 3.8) is 0 Å². The molecule has 0 fully saturated rings. The highest BCUT2D eigenvalue weighted by Crippen LogP contribution is 2.18. The van der Waals surface area contributed by atoms with Gasteiger partial charge in [-0.3, -0.25) is 0 Å². The van der Waals surface area contributed by atoms with Crippen molar-refractivity contribution in [3.05, 3.63) is 12.2 Å². The van der Waals surface area contributed by atoms with E-state index >= 15 is 0 Å². The van der Waals surface area contributed by atoms with Crippen LogP contribution in [0.2, 0.25) is 0 Å². The first-order chi connectivity index (χ1) is 8.97. The highest BCUT2D eigenvalue weighted by atomic mass is 16.6. The standard InChI is InChI=1S/C16H30O4/c1-9-16(7,8)20-13(11-19-15(4,5)6)10-18-14(17)12(2)3/h13H,2,9-11H2,1,3-8H3. The summed E-state index contributed by atoms with van der Waals surface area (Å²) in [6.07, 6.45) is 0.584. The van der Waals surface area contributed by atoms with Gasteiger partial charge in [0, 0.05) is 5.57 Å². The summed E-state index contributed by atoms with van der Waals surface area (Å²) in [5, 5.41) is 0. The van der Waals surface area contributed by atoms with Crippen molar-refractivity contribution in [2.45, 2.75) is 72.2 Å². The Balaban J connectivity index is 4.54. The van der Waals surface area contributed by atoms with E-state index in [9.17, 15) is 4.79 Å². The third kappa shape index (κ3) is 9.10. The zero-order valence-electron chi connectivity index (χ0n) is 14.0. The van der Waals surface area contributed by atoms with Crippen LogP contribution >= 0.6 is 0 Å². The van der Waals surface area contributed by atoms with E-state index in [1.807, 2.05) is 34.6 Å². The van der Waals surface area contributed by atoms with E-state index in [1.54, 1.807) is 6.92 Å². The minimum Gasteiger partial charge on any atom is -0.459 e. The molecule has 0 aromatic heterocycles. The van der Waals surface area contributed by atoms with Crippen molar-refractivity contribution in [3.8, 4) is 0 Å². The van der Waals surface area contributed by atoms with E-state index in [2.05, 4.69) is 13.5 Å². The van der Waals surface area contributed by atoms with Crippen LogP contribution in [0.1, 0.15) is 54.9 Å². The number of ether oxygens (including phenoxy) is 3. The average molecular weight is 286 g/mol. The Morgan fingerprint density at radius 3 is 2.10 bits per heavy atom. The Morgan fingerprint density at radius 2 is 1.70 bits per heavy atom. The molecule has 4 nitrogen and oxygen atoms in total. The molecule has 0 aliphatic heterocycles. The van der Waals surface area contributed by atoms with Gasteiger partial charge in [-0.05, 0) is 48.0 Å². The summed E-state index contributed by atoms with van der Waals surface area (Å²) >= 11 is 0. The topological polar surface area (TPSA) is 44.8 Å². The van der Waals surface area contributed by atoms with Crippen molar-refractivity contribution in [1.82, 2.24) is 0 Å². The lowest BCUT2D eigenvalue weighted by molar-refractivity contribution is -0.162. The molecule has 0 aliphatic rings. The Labute approximate surface area is 123 Å². The number of rotatable bonds is 8. The molecule has 0 aromatic carbocycles. The lowest BCUT2D eigenvalue weighted by atomic mass is 10.1. The molecule has 1 unspecified atom stereocenters. The second-order valence-electron chi connectivity index (χ2n) is 6.66. The maximum atomic E-state index is 11.5. The van der Waals surface area contributed by atoms with Crippen LogP contribution in [0.3, 0.4) is 0 Å². The van der Waals surface area contributed by atoms with E-state index in [0.717, 1.165) is 6.42 Å². The lowest BCUT2D eigenvalue weighted by Crippen LogP contribution is -2.38. The van der Waals surface area contributed by atoms with E-state index < -0.39 is 5.97 Å². The van der Waals surface area contributed by atoms with Gasteiger partial charge in [-0.25, -0.2) is 4.79 Å². The molecular weight excluding hydrogens is 256 g/mol. The van der Waals surface area contributed by atoms with Crippen molar-refractivity contribution < 1.29 is 19.0 Å². The Morgan fingerprint density at radius 1 is 1.15 bits per heavy atom. The molecular formula is C16H30O4.